The topological polar surface area (TPSA) is 102 Å². The van der Waals surface area contributed by atoms with Crippen LogP contribution in [0.4, 0.5) is 0 Å². The van der Waals surface area contributed by atoms with Crippen LogP contribution in [-0.2, 0) is 10.3 Å². The fourth-order valence-electron chi connectivity index (χ4n) is 3.34. The van der Waals surface area contributed by atoms with Gasteiger partial charge in [0.2, 0.25) is 11.8 Å². The third-order valence-corrected chi connectivity index (χ3v) is 6.10. The molecule has 132 valence electrons. The van der Waals surface area contributed by atoms with Gasteiger partial charge in [-0.05, 0) is 42.8 Å². The average Bonchev–Trinajstić information content (AvgIpc) is 2.96. The highest BCUT2D eigenvalue weighted by atomic mass is 32.1. The number of guanidine groups is 1. The zero-order chi connectivity index (χ0) is 18.6. The van der Waals surface area contributed by atoms with E-state index in [2.05, 4.69) is 4.99 Å². The summed E-state index contributed by atoms with van der Waals surface area (Å²) in [5, 5.41) is 2.00. The van der Waals surface area contributed by atoms with Crippen molar-refractivity contribution >= 4 is 49.3 Å². The number of hydrogen-bond acceptors (Lipinski definition) is 5. The first-order valence-corrected chi connectivity index (χ1v) is 8.99. The largest absolute Gasteiger partial charge is 0.369 e. The molecule has 0 radical (unpaired) electrons. The summed E-state index contributed by atoms with van der Waals surface area (Å²) >= 11 is 1.65. The summed E-state index contributed by atoms with van der Waals surface area (Å²) in [6, 6.07) is 11.5. The SMILES string of the molecule is CN1C(=O)C[C@@](C)(c2ccc3sc4ccc(C(N)=O)cc4c3c2)N=C1N. The number of aliphatic imine (C=N–C) groups is 1. The molecule has 0 unspecified atom stereocenters. The maximum atomic E-state index is 12.3. The second kappa shape index (κ2) is 5.54. The normalized spacial score (nSPS) is 20.6. The zero-order valence-electron chi connectivity index (χ0n) is 14.4. The van der Waals surface area contributed by atoms with E-state index in [0.29, 0.717) is 5.56 Å². The van der Waals surface area contributed by atoms with E-state index in [1.807, 2.05) is 37.3 Å². The van der Waals surface area contributed by atoms with Crippen molar-refractivity contribution in [2.75, 3.05) is 7.05 Å². The van der Waals surface area contributed by atoms with Gasteiger partial charge in [-0.3, -0.25) is 14.5 Å². The van der Waals surface area contributed by atoms with Crippen LogP contribution in [0.3, 0.4) is 0 Å². The summed E-state index contributed by atoms with van der Waals surface area (Å²) in [5.41, 5.74) is 12.0. The Labute approximate surface area is 154 Å². The van der Waals surface area contributed by atoms with Crippen LogP contribution < -0.4 is 11.5 Å². The number of hydrogen-bond donors (Lipinski definition) is 2. The third-order valence-electron chi connectivity index (χ3n) is 4.95. The molecule has 2 aromatic carbocycles. The van der Waals surface area contributed by atoms with Crippen LogP contribution in [0.5, 0.6) is 0 Å². The first-order chi connectivity index (χ1) is 12.3. The third kappa shape index (κ3) is 2.43. The summed E-state index contributed by atoms with van der Waals surface area (Å²) in [7, 11) is 1.63. The number of amides is 2. The van der Waals surface area contributed by atoms with E-state index in [1.54, 1.807) is 24.5 Å². The molecule has 0 saturated carbocycles. The van der Waals surface area contributed by atoms with E-state index in [9.17, 15) is 9.59 Å². The first-order valence-electron chi connectivity index (χ1n) is 8.17. The smallest absolute Gasteiger partial charge is 0.248 e. The van der Waals surface area contributed by atoms with Crippen LogP contribution in [0.25, 0.3) is 20.2 Å². The van der Waals surface area contributed by atoms with Gasteiger partial charge in [-0.15, -0.1) is 11.3 Å². The molecule has 2 amide bonds. The average molecular weight is 366 g/mol. The molecule has 3 aromatic rings. The minimum absolute atomic E-state index is 0.0636. The van der Waals surface area contributed by atoms with Crippen LogP contribution >= 0.6 is 11.3 Å². The fourth-order valence-corrected chi connectivity index (χ4v) is 4.41. The molecule has 1 aromatic heterocycles. The summed E-state index contributed by atoms with van der Waals surface area (Å²) < 4.78 is 2.18. The van der Waals surface area contributed by atoms with Crippen LogP contribution in [0, 0.1) is 0 Å². The van der Waals surface area contributed by atoms with Gasteiger partial charge in [-0.1, -0.05) is 6.07 Å². The predicted octanol–water partition coefficient (Wildman–Crippen LogP) is 2.55. The molecule has 0 fully saturated rings. The van der Waals surface area contributed by atoms with Gasteiger partial charge >= 0.3 is 0 Å². The van der Waals surface area contributed by atoms with Crippen molar-refractivity contribution in [2.24, 2.45) is 16.5 Å². The Balaban J connectivity index is 1.92. The van der Waals surface area contributed by atoms with Gasteiger partial charge in [0.1, 0.15) is 0 Å². The number of rotatable bonds is 2. The number of fused-ring (bicyclic) bond motifs is 3. The summed E-state index contributed by atoms with van der Waals surface area (Å²) in [6.07, 6.45) is 0.254. The minimum Gasteiger partial charge on any atom is -0.369 e. The first kappa shape index (κ1) is 16.5. The molecule has 26 heavy (non-hydrogen) atoms. The van der Waals surface area contributed by atoms with Crippen molar-refractivity contribution in [3.63, 3.8) is 0 Å². The Kier molecular flexibility index (Phi) is 3.52. The lowest BCUT2D eigenvalue weighted by Gasteiger charge is -2.33. The lowest BCUT2D eigenvalue weighted by Crippen LogP contribution is -2.47. The summed E-state index contributed by atoms with van der Waals surface area (Å²) in [6.45, 7) is 1.91. The van der Waals surface area contributed by atoms with Crippen LogP contribution in [0.2, 0.25) is 0 Å². The maximum absolute atomic E-state index is 12.3. The van der Waals surface area contributed by atoms with E-state index in [1.165, 1.54) is 4.90 Å². The molecular weight excluding hydrogens is 348 g/mol. The number of nitrogens with zero attached hydrogens (tertiary/aromatic N) is 2. The van der Waals surface area contributed by atoms with Gasteiger partial charge in [0.25, 0.3) is 0 Å². The molecule has 4 N–H and O–H groups in total. The number of nitrogens with two attached hydrogens (primary N) is 2. The minimum atomic E-state index is -0.711. The number of carbonyl (C=O) groups excluding carboxylic acids is 2. The van der Waals surface area contributed by atoms with Crippen LogP contribution in [0.15, 0.2) is 41.4 Å². The number of carbonyl (C=O) groups is 2. The quantitative estimate of drug-likeness (QED) is 0.728. The Morgan fingerprint density at radius 2 is 1.85 bits per heavy atom. The fraction of sp³-hybridized carbons (Fsp3) is 0.211. The number of thiophene rings is 1. The van der Waals surface area contributed by atoms with E-state index < -0.39 is 11.4 Å². The van der Waals surface area contributed by atoms with Crippen molar-refractivity contribution in [3.8, 4) is 0 Å². The molecule has 1 aliphatic rings. The van der Waals surface area contributed by atoms with Crippen molar-refractivity contribution in [2.45, 2.75) is 18.9 Å². The Hall–Kier alpha value is -2.93. The van der Waals surface area contributed by atoms with Crippen molar-refractivity contribution in [1.29, 1.82) is 0 Å². The van der Waals surface area contributed by atoms with E-state index in [4.69, 9.17) is 11.5 Å². The predicted molar refractivity (Wildman–Crippen MR) is 104 cm³/mol. The second-order valence-electron chi connectivity index (χ2n) is 6.76. The highest BCUT2D eigenvalue weighted by Gasteiger charge is 2.36. The Morgan fingerprint density at radius 1 is 1.19 bits per heavy atom. The van der Waals surface area contributed by atoms with Crippen LogP contribution in [0.1, 0.15) is 29.3 Å². The van der Waals surface area contributed by atoms with Crippen LogP contribution in [-0.4, -0.2) is 29.7 Å². The van der Waals surface area contributed by atoms with Gasteiger partial charge in [0, 0.05) is 32.8 Å². The lowest BCUT2D eigenvalue weighted by atomic mass is 9.87. The van der Waals surface area contributed by atoms with Crippen molar-refractivity contribution < 1.29 is 9.59 Å². The molecule has 4 rings (SSSR count). The van der Waals surface area contributed by atoms with Gasteiger partial charge in [0.15, 0.2) is 5.96 Å². The van der Waals surface area contributed by atoms with Crippen molar-refractivity contribution in [3.05, 3.63) is 47.5 Å². The molecule has 0 spiro atoms. The monoisotopic (exact) mass is 366 g/mol. The number of primary amides is 1. The molecule has 1 aliphatic heterocycles. The Bertz CT molecular complexity index is 1120. The van der Waals surface area contributed by atoms with E-state index in [-0.39, 0.29) is 18.3 Å². The van der Waals surface area contributed by atoms with Gasteiger partial charge < -0.3 is 11.5 Å². The summed E-state index contributed by atoms with van der Waals surface area (Å²) in [5.74, 6) is -0.297. The van der Waals surface area contributed by atoms with Gasteiger partial charge in [-0.2, -0.15) is 0 Å². The summed E-state index contributed by atoms with van der Waals surface area (Å²) in [4.78, 5) is 29.7. The highest BCUT2D eigenvalue weighted by Crippen LogP contribution is 2.39. The molecule has 0 saturated heterocycles. The molecular formula is C19H18N4O2S. The molecule has 0 aliphatic carbocycles. The van der Waals surface area contributed by atoms with Gasteiger partial charge in [-0.25, -0.2) is 4.99 Å². The molecule has 1 atom stereocenters. The molecule has 2 heterocycles. The Morgan fingerprint density at radius 3 is 2.50 bits per heavy atom. The van der Waals surface area contributed by atoms with Gasteiger partial charge in [0.05, 0.1) is 12.0 Å². The lowest BCUT2D eigenvalue weighted by molar-refractivity contribution is -0.128. The highest BCUT2D eigenvalue weighted by molar-refractivity contribution is 7.25. The van der Waals surface area contributed by atoms with E-state index in [0.717, 1.165) is 25.7 Å². The van der Waals surface area contributed by atoms with E-state index >= 15 is 0 Å². The molecule has 0 bridgehead atoms. The molecule has 6 nitrogen and oxygen atoms in total. The maximum Gasteiger partial charge on any atom is 0.248 e. The zero-order valence-corrected chi connectivity index (χ0v) is 15.3. The standard InChI is InChI=1S/C19H18N4O2S/c1-19(9-16(24)23(2)18(21)22-19)11-4-6-15-13(8-11)12-7-10(17(20)25)3-5-14(12)26-15/h3-8H,9H2,1-2H3,(H2,20,25)(H2,21,22)/t19-/m0/s1. The number of benzene rings is 2. The second-order valence-corrected chi connectivity index (χ2v) is 7.85. The van der Waals surface area contributed by atoms with Crippen molar-refractivity contribution in [1.82, 2.24) is 4.90 Å². The molecule has 7 heteroatoms.